The summed E-state index contributed by atoms with van der Waals surface area (Å²) in [6, 6.07) is 0. The van der Waals surface area contributed by atoms with Crippen molar-refractivity contribution >= 4 is 0 Å². The third-order valence-electron chi connectivity index (χ3n) is 0.493. The van der Waals surface area contributed by atoms with Gasteiger partial charge in [-0.05, 0) is 6.42 Å². The van der Waals surface area contributed by atoms with E-state index in [1.165, 1.54) is 6.42 Å². The number of hydrogen-bond donors (Lipinski definition) is 0. The van der Waals surface area contributed by atoms with Gasteiger partial charge in [0.25, 0.3) is 0 Å². The molecule has 0 aliphatic carbocycles. The van der Waals surface area contributed by atoms with E-state index in [0.717, 1.165) is 6.42 Å². The SMILES string of the molecule is C=CCCC.[N]#[Ni]. The molecule has 7 heavy (non-hydrogen) atoms. The molecule has 0 spiro atoms. The molecule has 1 nitrogen and oxygen atoms in total. The third-order valence-corrected chi connectivity index (χ3v) is 0.493. The van der Waals surface area contributed by atoms with Gasteiger partial charge in [0, 0.05) is 0 Å². The Kier molecular flexibility index (Phi) is 24.0. The molecule has 0 aliphatic rings. The minimum absolute atomic E-state index is 1.15. The van der Waals surface area contributed by atoms with Crippen molar-refractivity contribution in [2.45, 2.75) is 19.8 Å². The van der Waals surface area contributed by atoms with Crippen LogP contribution in [0.5, 0.6) is 0 Å². The zero-order chi connectivity index (χ0) is 6.12. The molecule has 2 heteroatoms. The van der Waals surface area contributed by atoms with Crippen LogP contribution >= 0.6 is 0 Å². The van der Waals surface area contributed by atoms with Crippen molar-refractivity contribution in [1.29, 1.82) is 4.27 Å². The Labute approximate surface area is 52.4 Å². The van der Waals surface area contributed by atoms with Crippen LogP contribution < -0.4 is 0 Å². The van der Waals surface area contributed by atoms with E-state index < -0.39 is 0 Å². The van der Waals surface area contributed by atoms with Gasteiger partial charge in [0.15, 0.2) is 0 Å². The van der Waals surface area contributed by atoms with Crippen LogP contribution in [-0.2, 0) is 15.1 Å². The molecule has 0 amide bonds. The summed E-state index contributed by atoms with van der Waals surface area (Å²) in [4.78, 5) is 0. The van der Waals surface area contributed by atoms with E-state index in [-0.39, 0.29) is 0 Å². The van der Waals surface area contributed by atoms with Crippen molar-refractivity contribution in [3.63, 3.8) is 0 Å². The summed E-state index contributed by atoms with van der Waals surface area (Å²) >= 11 is 2.88. The van der Waals surface area contributed by atoms with Crippen molar-refractivity contribution in [2.24, 2.45) is 0 Å². The Morgan fingerprint density at radius 2 is 2.14 bits per heavy atom. The van der Waals surface area contributed by atoms with Gasteiger partial charge >= 0.3 is 19.4 Å². The maximum atomic E-state index is 6.62. The van der Waals surface area contributed by atoms with E-state index >= 15 is 0 Å². The Hall–Kier alpha value is -0.0565. The second-order valence-corrected chi connectivity index (χ2v) is 1.08. The molecule has 0 heterocycles. The zero-order valence-corrected chi connectivity index (χ0v) is 5.45. The molecule has 0 aromatic rings. The molecule has 0 fully saturated rings. The number of unbranched alkanes of at least 4 members (excludes halogenated alkanes) is 1. The van der Waals surface area contributed by atoms with E-state index in [4.69, 9.17) is 4.27 Å². The van der Waals surface area contributed by atoms with E-state index in [9.17, 15) is 0 Å². The van der Waals surface area contributed by atoms with E-state index in [2.05, 4.69) is 28.6 Å². The normalized spacial score (nSPS) is 5.86. The van der Waals surface area contributed by atoms with Crippen molar-refractivity contribution < 1.29 is 15.1 Å². The monoisotopic (exact) mass is 142 g/mol. The number of hydrogen-bond acceptors (Lipinski definition) is 1. The summed E-state index contributed by atoms with van der Waals surface area (Å²) in [7, 11) is 0. The molecule has 0 radical (unpaired) electrons. The standard InChI is InChI=1S/C5H10.N.Ni/c1-3-5-4-2;;/h3H,1,4-5H2,2H3;;. The van der Waals surface area contributed by atoms with Crippen molar-refractivity contribution in [3.8, 4) is 0 Å². The molecule has 0 aromatic heterocycles. The predicted octanol–water partition coefficient (Wildman–Crippen LogP) is 1.99. The van der Waals surface area contributed by atoms with Gasteiger partial charge in [0.05, 0.1) is 0 Å². The molecule has 0 saturated carbocycles. The second kappa shape index (κ2) is 16.8. The number of allylic oxidation sites excluding steroid dienone is 1. The molecule has 0 bridgehead atoms. The fraction of sp³-hybridized carbons (Fsp3) is 0.600. The fourth-order valence-electron chi connectivity index (χ4n) is 0.204. The molecule has 0 atom stereocenters. The number of rotatable bonds is 2. The number of nitrogens with zero attached hydrogens (tertiary/aromatic N) is 1. The molecular formula is C5H10NNi. The van der Waals surface area contributed by atoms with Gasteiger partial charge in [-0.15, -0.1) is 6.58 Å². The van der Waals surface area contributed by atoms with Gasteiger partial charge in [-0.3, -0.25) is 0 Å². The molecule has 0 N–H and O–H groups in total. The van der Waals surface area contributed by atoms with Gasteiger partial charge < -0.3 is 0 Å². The van der Waals surface area contributed by atoms with Crippen molar-refractivity contribution in [3.05, 3.63) is 12.7 Å². The summed E-state index contributed by atoms with van der Waals surface area (Å²) in [6.45, 7) is 5.69. The van der Waals surface area contributed by atoms with Crippen LogP contribution in [-0.4, -0.2) is 0 Å². The van der Waals surface area contributed by atoms with Crippen LogP contribution in [0.4, 0.5) is 0 Å². The Balaban J connectivity index is 0. The van der Waals surface area contributed by atoms with Crippen LogP contribution in [0.15, 0.2) is 12.7 Å². The molecule has 0 rings (SSSR count). The van der Waals surface area contributed by atoms with Crippen LogP contribution in [0, 0.1) is 4.27 Å². The summed E-state index contributed by atoms with van der Waals surface area (Å²) < 4.78 is 6.62. The summed E-state index contributed by atoms with van der Waals surface area (Å²) in [5.41, 5.74) is 0. The Morgan fingerprint density at radius 1 is 1.71 bits per heavy atom. The van der Waals surface area contributed by atoms with Crippen LogP contribution in [0.3, 0.4) is 0 Å². The van der Waals surface area contributed by atoms with Crippen molar-refractivity contribution in [1.82, 2.24) is 0 Å². The predicted molar refractivity (Wildman–Crippen MR) is 26.8 cm³/mol. The molecule has 0 saturated heterocycles. The second-order valence-electron chi connectivity index (χ2n) is 1.08. The summed E-state index contributed by atoms with van der Waals surface area (Å²) in [6.07, 6.45) is 4.31. The van der Waals surface area contributed by atoms with Gasteiger partial charge in [-0.1, -0.05) is 19.4 Å². The van der Waals surface area contributed by atoms with E-state index in [1.807, 2.05) is 6.08 Å². The van der Waals surface area contributed by atoms with Crippen LogP contribution in [0.2, 0.25) is 0 Å². The first kappa shape index (κ1) is 10.0. The topological polar surface area (TPSA) is 23.8 Å². The minimum atomic E-state index is 1.15. The molecule has 0 aliphatic heterocycles. The first-order valence-corrected chi connectivity index (χ1v) is 2.61. The Morgan fingerprint density at radius 3 is 2.14 bits per heavy atom. The van der Waals surface area contributed by atoms with Gasteiger partial charge in [0.1, 0.15) is 0 Å². The molecular weight excluding hydrogens is 133 g/mol. The van der Waals surface area contributed by atoms with Crippen LogP contribution in [0.25, 0.3) is 0 Å². The molecule has 0 unspecified atom stereocenters. The zero-order valence-electron chi connectivity index (χ0n) is 4.46. The van der Waals surface area contributed by atoms with Crippen LogP contribution in [0.1, 0.15) is 19.8 Å². The summed E-state index contributed by atoms with van der Waals surface area (Å²) in [5.74, 6) is 0. The van der Waals surface area contributed by atoms with Gasteiger partial charge in [-0.25, -0.2) is 0 Å². The Bertz CT molecular complexity index is 49.3. The van der Waals surface area contributed by atoms with Gasteiger partial charge in [-0.2, -0.15) is 0 Å². The average Bonchev–Trinajstić information content (AvgIpc) is 1.75. The van der Waals surface area contributed by atoms with Gasteiger partial charge in [0.2, 0.25) is 0 Å². The molecule has 0 aromatic carbocycles. The maximum absolute atomic E-state index is 6.62. The fourth-order valence-corrected chi connectivity index (χ4v) is 0.204. The van der Waals surface area contributed by atoms with E-state index in [0.29, 0.717) is 0 Å². The van der Waals surface area contributed by atoms with E-state index in [1.54, 1.807) is 0 Å². The van der Waals surface area contributed by atoms with Crippen molar-refractivity contribution in [2.75, 3.05) is 0 Å². The quantitative estimate of drug-likeness (QED) is 0.428. The molecule has 45 valence electrons. The third kappa shape index (κ3) is 24.5. The first-order chi connectivity index (χ1) is 3.41. The average molecular weight is 143 g/mol. The first-order valence-electron chi connectivity index (χ1n) is 2.17. The summed E-state index contributed by atoms with van der Waals surface area (Å²) in [5, 5.41) is 0.